The van der Waals surface area contributed by atoms with Crippen LogP contribution in [0.25, 0.3) is 11.1 Å². The molecule has 1 saturated heterocycles. The van der Waals surface area contributed by atoms with Gasteiger partial charge in [-0.15, -0.1) is 0 Å². The van der Waals surface area contributed by atoms with E-state index in [1.54, 1.807) is 42.1 Å². The van der Waals surface area contributed by atoms with E-state index in [0.29, 0.717) is 50.4 Å². The first-order valence-electron chi connectivity index (χ1n) is 14.3. The number of hydrogen-bond acceptors (Lipinski definition) is 5. The maximum atomic E-state index is 14.6. The van der Waals surface area contributed by atoms with Gasteiger partial charge in [0.05, 0.1) is 18.8 Å². The number of urea groups is 1. The third-order valence-corrected chi connectivity index (χ3v) is 8.73. The van der Waals surface area contributed by atoms with E-state index in [1.807, 2.05) is 6.07 Å². The Bertz CT molecular complexity index is 1400. The summed E-state index contributed by atoms with van der Waals surface area (Å²) in [6.45, 7) is 5.26. The van der Waals surface area contributed by atoms with E-state index in [0.717, 1.165) is 54.0 Å². The highest BCUT2D eigenvalue weighted by Gasteiger charge is 2.36. The Kier molecular flexibility index (Phi) is 7.24. The summed E-state index contributed by atoms with van der Waals surface area (Å²) in [5.41, 5.74) is 5.22. The largest absolute Gasteiger partial charge is 0.381 e. The number of carbonyl (C=O) groups is 1. The quantitative estimate of drug-likeness (QED) is 0.464. The molecule has 0 unspecified atom stereocenters. The van der Waals surface area contributed by atoms with Crippen molar-refractivity contribution < 1.29 is 18.3 Å². The molecule has 0 aliphatic carbocycles. The van der Waals surface area contributed by atoms with E-state index in [4.69, 9.17) is 9.84 Å². The summed E-state index contributed by atoms with van der Waals surface area (Å²) < 4.78 is 38.5. The second-order valence-corrected chi connectivity index (χ2v) is 11.0. The minimum Gasteiger partial charge on any atom is -0.381 e. The number of benzene rings is 1. The Labute approximate surface area is 233 Å². The molecule has 11 heteroatoms. The Hall–Kier alpha value is -3.47. The molecule has 0 spiro atoms. The lowest BCUT2D eigenvalue weighted by molar-refractivity contribution is 0.0651. The zero-order chi connectivity index (χ0) is 28.0. The number of fused-ring (bicyclic) bond motifs is 2. The van der Waals surface area contributed by atoms with E-state index in [1.165, 1.54) is 0 Å². The Balaban J connectivity index is 1.50. The van der Waals surface area contributed by atoms with Gasteiger partial charge < -0.3 is 19.9 Å². The predicted octanol–water partition coefficient (Wildman–Crippen LogP) is 5.31. The van der Waals surface area contributed by atoms with E-state index in [-0.39, 0.29) is 23.6 Å². The van der Waals surface area contributed by atoms with Crippen LogP contribution in [-0.2, 0) is 24.8 Å². The molecule has 214 valence electrons. The van der Waals surface area contributed by atoms with Gasteiger partial charge in [-0.3, -0.25) is 9.36 Å². The van der Waals surface area contributed by atoms with Crippen LogP contribution >= 0.6 is 0 Å². The van der Waals surface area contributed by atoms with Crippen molar-refractivity contribution in [3.63, 3.8) is 0 Å². The smallest absolute Gasteiger partial charge is 0.317 e. The first-order valence-corrected chi connectivity index (χ1v) is 14.3. The number of aryl methyl sites for hydroxylation is 1. The van der Waals surface area contributed by atoms with Crippen molar-refractivity contribution in [2.24, 2.45) is 7.05 Å². The van der Waals surface area contributed by atoms with Gasteiger partial charge >= 0.3 is 6.03 Å². The average molecular weight is 554 g/mol. The summed E-state index contributed by atoms with van der Waals surface area (Å²) in [5.74, 6) is 1.03. The fourth-order valence-corrected chi connectivity index (χ4v) is 6.59. The van der Waals surface area contributed by atoms with Crippen LogP contribution in [0, 0.1) is 0 Å². The summed E-state index contributed by atoms with van der Waals surface area (Å²) in [6.07, 6.45) is 5.07. The Morgan fingerprint density at radius 1 is 1.20 bits per heavy atom. The van der Waals surface area contributed by atoms with Crippen molar-refractivity contribution in [1.29, 1.82) is 0 Å². The van der Waals surface area contributed by atoms with Crippen LogP contribution in [0.15, 0.2) is 24.5 Å². The molecule has 5 heterocycles. The van der Waals surface area contributed by atoms with Crippen LogP contribution in [0.5, 0.6) is 0 Å². The van der Waals surface area contributed by atoms with Crippen LogP contribution in [0.2, 0.25) is 0 Å². The number of nitrogens with zero attached hydrogens (tertiary/aromatic N) is 6. The van der Waals surface area contributed by atoms with Crippen molar-refractivity contribution in [2.45, 2.75) is 64.0 Å². The normalized spacial score (nSPS) is 19.6. The van der Waals surface area contributed by atoms with Gasteiger partial charge in [-0.25, -0.2) is 13.6 Å². The fraction of sp³-hybridized carbons (Fsp3) is 0.552. The number of amides is 2. The van der Waals surface area contributed by atoms with Crippen LogP contribution in [0.1, 0.15) is 73.4 Å². The lowest BCUT2D eigenvalue weighted by Crippen LogP contribution is -2.42. The summed E-state index contributed by atoms with van der Waals surface area (Å²) in [7, 11) is 3.43. The van der Waals surface area contributed by atoms with Crippen molar-refractivity contribution in [3.8, 4) is 11.1 Å². The second-order valence-electron chi connectivity index (χ2n) is 11.0. The van der Waals surface area contributed by atoms with E-state index in [2.05, 4.69) is 26.9 Å². The summed E-state index contributed by atoms with van der Waals surface area (Å²) in [4.78, 5) is 16.5. The summed E-state index contributed by atoms with van der Waals surface area (Å²) in [5, 5.41) is 12.2. The van der Waals surface area contributed by atoms with Crippen LogP contribution < -0.4 is 10.2 Å². The van der Waals surface area contributed by atoms with Gasteiger partial charge in [0.15, 0.2) is 5.82 Å². The molecule has 3 aromatic rings. The highest BCUT2D eigenvalue weighted by Crippen LogP contribution is 2.47. The van der Waals surface area contributed by atoms with Gasteiger partial charge in [-0.05, 0) is 54.9 Å². The van der Waals surface area contributed by atoms with E-state index >= 15 is 0 Å². The highest BCUT2D eigenvalue weighted by molar-refractivity contribution is 5.78. The van der Waals surface area contributed by atoms with Gasteiger partial charge in [-0.2, -0.15) is 10.2 Å². The second kappa shape index (κ2) is 10.8. The third kappa shape index (κ3) is 4.63. The Morgan fingerprint density at radius 3 is 2.67 bits per heavy atom. The van der Waals surface area contributed by atoms with Crippen LogP contribution in [0.4, 0.5) is 25.1 Å². The maximum Gasteiger partial charge on any atom is 0.317 e. The van der Waals surface area contributed by atoms with E-state index in [9.17, 15) is 13.6 Å². The van der Waals surface area contributed by atoms with E-state index < -0.39 is 6.43 Å². The summed E-state index contributed by atoms with van der Waals surface area (Å²) >= 11 is 0. The molecule has 40 heavy (non-hydrogen) atoms. The minimum atomic E-state index is -2.64. The number of nitrogens with one attached hydrogen (secondary N) is 1. The molecule has 1 atom stereocenters. The fourth-order valence-electron chi connectivity index (χ4n) is 6.59. The molecule has 0 bridgehead atoms. The molecule has 2 amide bonds. The molecule has 3 aliphatic heterocycles. The number of anilines is 2. The monoisotopic (exact) mass is 553 g/mol. The number of halogens is 2. The Morgan fingerprint density at radius 2 is 2.00 bits per heavy atom. The van der Waals surface area contributed by atoms with Crippen molar-refractivity contribution >= 4 is 17.5 Å². The van der Waals surface area contributed by atoms with Gasteiger partial charge in [0.25, 0.3) is 6.43 Å². The SMILES string of the molecule is CC[C@@H]1CCN(c2nn(C3CCOCC3)c3c2CN(C(=O)NC)CC3)c2cc(C(F)F)c(-c3cnn(C)c3)cc21. The maximum absolute atomic E-state index is 14.6. The molecule has 9 nitrogen and oxygen atoms in total. The highest BCUT2D eigenvalue weighted by atomic mass is 19.3. The standard InChI is InChI=1S/C29H37F2N7O2/c1-4-18-5-10-37(26-14-23(27(30)31)21(13-22(18)26)19-15-33-35(3)16-19)28-24-17-36(29(39)32-2)9-6-25(24)38(34-28)20-7-11-40-12-8-20/h13-16,18,20,27H,4-12,17H2,1-3H3,(H,32,39)/t18-/m1/s1. The molecule has 2 aromatic heterocycles. The predicted molar refractivity (Wildman–Crippen MR) is 148 cm³/mol. The number of aromatic nitrogens is 4. The van der Waals surface area contributed by atoms with Crippen molar-refractivity contribution in [1.82, 2.24) is 29.8 Å². The number of ether oxygens (including phenoxy) is 1. The zero-order valence-corrected chi connectivity index (χ0v) is 23.4. The number of alkyl halides is 2. The van der Waals surface area contributed by atoms with Gasteiger partial charge in [0, 0.05) is 81.1 Å². The van der Waals surface area contributed by atoms with Gasteiger partial charge in [0.1, 0.15) is 0 Å². The van der Waals surface area contributed by atoms with Crippen LogP contribution in [0.3, 0.4) is 0 Å². The molecular formula is C29H37F2N7O2. The molecular weight excluding hydrogens is 516 g/mol. The van der Waals surface area contributed by atoms with Crippen LogP contribution in [-0.4, -0.2) is 63.8 Å². The molecule has 3 aliphatic rings. The molecule has 0 radical (unpaired) electrons. The van der Waals surface area contributed by atoms with Gasteiger partial charge in [-0.1, -0.05) is 6.92 Å². The average Bonchev–Trinajstić information content (AvgIpc) is 3.59. The van der Waals surface area contributed by atoms with Gasteiger partial charge in [0.2, 0.25) is 0 Å². The lowest BCUT2D eigenvalue weighted by atomic mass is 9.84. The van der Waals surface area contributed by atoms with Crippen molar-refractivity contribution in [3.05, 3.63) is 46.9 Å². The number of hydrogen-bond donors (Lipinski definition) is 1. The molecule has 0 saturated carbocycles. The number of rotatable bonds is 5. The molecule has 1 N–H and O–H groups in total. The topological polar surface area (TPSA) is 80.5 Å². The van der Waals surface area contributed by atoms with Crippen molar-refractivity contribution in [2.75, 3.05) is 38.3 Å². The molecule has 1 fully saturated rings. The third-order valence-electron chi connectivity index (χ3n) is 8.73. The first-order chi connectivity index (χ1) is 19.4. The first kappa shape index (κ1) is 26.7. The number of carbonyl (C=O) groups excluding carboxylic acids is 1. The minimum absolute atomic E-state index is 0.00165. The zero-order valence-electron chi connectivity index (χ0n) is 23.4. The molecule has 6 rings (SSSR count). The lowest BCUT2D eigenvalue weighted by Gasteiger charge is -2.36. The molecule has 1 aromatic carbocycles. The summed E-state index contributed by atoms with van der Waals surface area (Å²) in [6, 6.07) is 3.72.